The van der Waals surface area contributed by atoms with E-state index in [4.69, 9.17) is 4.74 Å². The fraction of sp³-hybridized carbons (Fsp3) is 0.421. The first-order chi connectivity index (χ1) is 14.2. The third-order valence-electron chi connectivity index (χ3n) is 4.63. The van der Waals surface area contributed by atoms with Crippen molar-refractivity contribution in [3.8, 4) is 0 Å². The average Bonchev–Trinajstić information content (AvgIpc) is 2.70. The van der Waals surface area contributed by atoms with E-state index in [1.807, 2.05) is 0 Å². The molecule has 2 aromatic rings. The van der Waals surface area contributed by atoms with Gasteiger partial charge in [-0.05, 0) is 37.1 Å². The number of nitrogens with zero attached hydrogens (tertiary/aromatic N) is 3. The third-order valence-corrected chi connectivity index (χ3v) is 4.63. The van der Waals surface area contributed by atoms with Gasteiger partial charge in [0.1, 0.15) is 23.3 Å². The summed E-state index contributed by atoms with van der Waals surface area (Å²) in [6.07, 6.45) is -3.71. The Morgan fingerprint density at radius 1 is 1.37 bits per heavy atom. The maximum absolute atomic E-state index is 14.7. The summed E-state index contributed by atoms with van der Waals surface area (Å²) in [6.45, 7) is 4.74. The van der Waals surface area contributed by atoms with Crippen molar-refractivity contribution in [1.82, 2.24) is 14.9 Å². The Hall–Kier alpha value is -2.95. The van der Waals surface area contributed by atoms with E-state index in [1.54, 1.807) is 18.7 Å². The van der Waals surface area contributed by atoms with Crippen LogP contribution in [-0.2, 0) is 15.7 Å². The van der Waals surface area contributed by atoms with Crippen LogP contribution in [0.25, 0.3) is 0 Å². The summed E-state index contributed by atoms with van der Waals surface area (Å²) in [5.74, 6) is -1.21. The zero-order valence-corrected chi connectivity index (χ0v) is 16.4. The van der Waals surface area contributed by atoms with Crippen LogP contribution < -0.4 is 10.6 Å². The number of anilines is 3. The number of aryl methyl sites for hydroxylation is 1. The van der Waals surface area contributed by atoms with E-state index in [0.717, 1.165) is 6.41 Å². The summed E-state index contributed by atoms with van der Waals surface area (Å²) in [6, 6.07) is 2.79. The molecule has 2 heterocycles. The van der Waals surface area contributed by atoms with Crippen molar-refractivity contribution in [2.75, 3.05) is 36.9 Å². The van der Waals surface area contributed by atoms with E-state index in [0.29, 0.717) is 37.0 Å². The number of ether oxygens (including phenoxy) is 1. The Bertz CT molecular complexity index is 923. The van der Waals surface area contributed by atoms with Crippen molar-refractivity contribution >= 4 is 23.9 Å². The minimum atomic E-state index is -4.62. The second kappa shape index (κ2) is 8.82. The van der Waals surface area contributed by atoms with Crippen LogP contribution in [-0.4, -0.2) is 47.5 Å². The molecule has 1 aromatic carbocycles. The summed E-state index contributed by atoms with van der Waals surface area (Å²) in [4.78, 5) is 20.1. The highest BCUT2D eigenvalue weighted by Gasteiger charge is 2.35. The minimum absolute atomic E-state index is 0.0153. The van der Waals surface area contributed by atoms with Gasteiger partial charge in [0.25, 0.3) is 0 Å². The highest BCUT2D eigenvalue weighted by molar-refractivity contribution is 5.59. The molecule has 1 saturated heterocycles. The molecule has 1 unspecified atom stereocenters. The molecular weight excluding hydrogens is 406 g/mol. The van der Waals surface area contributed by atoms with Crippen molar-refractivity contribution in [1.29, 1.82) is 0 Å². The van der Waals surface area contributed by atoms with Crippen molar-refractivity contribution in [2.24, 2.45) is 0 Å². The molecule has 1 fully saturated rings. The molecule has 1 aromatic heterocycles. The van der Waals surface area contributed by atoms with E-state index in [1.165, 1.54) is 12.1 Å². The number of amides is 1. The van der Waals surface area contributed by atoms with Crippen molar-refractivity contribution in [2.45, 2.75) is 26.1 Å². The molecule has 2 N–H and O–H groups in total. The van der Waals surface area contributed by atoms with Crippen LogP contribution in [0.5, 0.6) is 0 Å². The first-order valence-corrected chi connectivity index (χ1v) is 9.29. The summed E-state index contributed by atoms with van der Waals surface area (Å²) in [5.41, 5.74) is 0.291. The molecule has 0 radical (unpaired) electrons. The zero-order chi connectivity index (χ0) is 21.9. The normalized spacial score (nSPS) is 17.0. The topological polar surface area (TPSA) is 79.4 Å². The first kappa shape index (κ1) is 21.8. The van der Waals surface area contributed by atoms with Gasteiger partial charge in [-0.25, -0.2) is 9.37 Å². The number of carbonyl (C=O) groups excluding carboxylic acids is 1. The monoisotopic (exact) mass is 427 g/mol. The Balaban J connectivity index is 1.86. The Labute approximate surface area is 170 Å². The van der Waals surface area contributed by atoms with Gasteiger partial charge in [0.15, 0.2) is 0 Å². The number of hydrogen-bond donors (Lipinski definition) is 2. The van der Waals surface area contributed by atoms with Crippen LogP contribution in [0, 0.1) is 12.7 Å². The molecule has 1 aliphatic rings. The lowest BCUT2D eigenvalue weighted by Crippen LogP contribution is -2.37. The summed E-state index contributed by atoms with van der Waals surface area (Å²) >= 11 is 0. The second-order valence-corrected chi connectivity index (χ2v) is 6.76. The molecule has 1 amide bonds. The SMILES string of the molecule is CCNc1nc(Nc2cc(C)c(C3CN(C=O)CCO3)cc2F)ncc1C(F)(F)F. The van der Waals surface area contributed by atoms with Gasteiger partial charge >= 0.3 is 6.18 Å². The second-order valence-electron chi connectivity index (χ2n) is 6.76. The number of rotatable bonds is 6. The van der Waals surface area contributed by atoms with Crippen LogP contribution in [0.15, 0.2) is 18.3 Å². The van der Waals surface area contributed by atoms with Gasteiger partial charge in [-0.15, -0.1) is 0 Å². The molecule has 0 saturated carbocycles. The molecule has 0 bridgehead atoms. The molecule has 0 spiro atoms. The van der Waals surface area contributed by atoms with Crippen molar-refractivity contribution < 1.29 is 27.1 Å². The van der Waals surface area contributed by atoms with Gasteiger partial charge in [-0.1, -0.05) is 0 Å². The van der Waals surface area contributed by atoms with Crippen LogP contribution in [0.3, 0.4) is 0 Å². The average molecular weight is 427 g/mol. The van der Waals surface area contributed by atoms with Gasteiger partial charge in [0, 0.05) is 19.3 Å². The fourth-order valence-electron chi connectivity index (χ4n) is 3.16. The first-order valence-electron chi connectivity index (χ1n) is 9.29. The van der Waals surface area contributed by atoms with Crippen LogP contribution >= 0.6 is 0 Å². The highest BCUT2D eigenvalue weighted by atomic mass is 19.4. The van der Waals surface area contributed by atoms with Gasteiger partial charge < -0.3 is 20.3 Å². The molecular formula is C19H21F4N5O2. The molecule has 1 atom stereocenters. The van der Waals surface area contributed by atoms with Crippen molar-refractivity contribution in [3.05, 3.63) is 40.8 Å². The Morgan fingerprint density at radius 2 is 2.13 bits per heavy atom. The highest BCUT2D eigenvalue weighted by Crippen LogP contribution is 2.34. The van der Waals surface area contributed by atoms with Crippen molar-refractivity contribution in [3.63, 3.8) is 0 Å². The molecule has 162 valence electrons. The van der Waals surface area contributed by atoms with E-state index in [2.05, 4.69) is 20.6 Å². The lowest BCUT2D eigenvalue weighted by molar-refractivity contribution is -0.137. The summed E-state index contributed by atoms with van der Waals surface area (Å²) in [7, 11) is 0. The lowest BCUT2D eigenvalue weighted by atomic mass is 10.0. The minimum Gasteiger partial charge on any atom is -0.370 e. The van der Waals surface area contributed by atoms with Crippen LogP contribution in [0.2, 0.25) is 0 Å². The Morgan fingerprint density at radius 3 is 2.80 bits per heavy atom. The molecule has 3 rings (SSSR count). The van der Waals surface area contributed by atoms with E-state index >= 15 is 0 Å². The van der Waals surface area contributed by atoms with Crippen LogP contribution in [0.4, 0.5) is 35.0 Å². The molecule has 0 aliphatic carbocycles. The maximum atomic E-state index is 14.7. The lowest BCUT2D eigenvalue weighted by Gasteiger charge is -2.31. The number of halogens is 4. The van der Waals surface area contributed by atoms with Gasteiger partial charge in [0.05, 0.1) is 18.8 Å². The largest absolute Gasteiger partial charge is 0.421 e. The number of alkyl halides is 3. The number of nitrogens with one attached hydrogen (secondary N) is 2. The van der Waals surface area contributed by atoms with Gasteiger partial charge in [-0.2, -0.15) is 18.2 Å². The fourth-order valence-corrected chi connectivity index (χ4v) is 3.16. The zero-order valence-electron chi connectivity index (χ0n) is 16.4. The summed E-state index contributed by atoms with van der Waals surface area (Å²) in [5, 5.41) is 5.17. The predicted octanol–water partition coefficient (Wildman–Crippen LogP) is 3.65. The quantitative estimate of drug-likeness (QED) is 0.541. The van der Waals surface area contributed by atoms with E-state index in [9.17, 15) is 22.4 Å². The molecule has 7 nitrogen and oxygen atoms in total. The number of aromatic nitrogens is 2. The maximum Gasteiger partial charge on any atom is 0.421 e. The van der Waals surface area contributed by atoms with E-state index in [-0.39, 0.29) is 24.0 Å². The smallest absolute Gasteiger partial charge is 0.370 e. The van der Waals surface area contributed by atoms with E-state index < -0.39 is 23.7 Å². The number of carbonyl (C=O) groups is 1. The number of benzene rings is 1. The molecule has 11 heteroatoms. The predicted molar refractivity (Wildman–Crippen MR) is 102 cm³/mol. The summed E-state index contributed by atoms with van der Waals surface area (Å²) < 4.78 is 59.6. The number of hydrogen-bond acceptors (Lipinski definition) is 6. The molecule has 30 heavy (non-hydrogen) atoms. The third kappa shape index (κ3) is 4.78. The van der Waals surface area contributed by atoms with Crippen LogP contribution in [0.1, 0.15) is 29.7 Å². The van der Waals surface area contributed by atoms with Gasteiger partial charge in [0.2, 0.25) is 12.4 Å². The van der Waals surface area contributed by atoms with Gasteiger partial charge in [-0.3, -0.25) is 4.79 Å². The number of morpholine rings is 1. The standard InChI is InChI=1S/C19H21F4N5O2/c1-3-24-17-13(19(21,22)23)8-25-18(27-17)26-15-6-11(2)12(7-14(15)20)16-9-28(10-29)4-5-30-16/h6-8,10,16H,3-5,9H2,1-2H3,(H2,24,25,26,27). The Kier molecular flexibility index (Phi) is 6.40. The molecule has 1 aliphatic heterocycles.